The first-order valence-corrected chi connectivity index (χ1v) is 11.9. The van der Waals surface area contributed by atoms with Crippen LogP contribution in [0.2, 0.25) is 5.02 Å². The minimum absolute atomic E-state index is 0.0339. The van der Waals surface area contributed by atoms with Crippen molar-refractivity contribution in [3.05, 3.63) is 53.1 Å². The molecular formula is C21H24ClN3O5S. The molecule has 166 valence electrons. The van der Waals surface area contributed by atoms with Gasteiger partial charge in [0.25, 0.3) is 5.91 Å². The second-order valence-corrected chi connectivity index (χ2v) is 9.60. The number of rotatable bonds is 5. The summed E-state index contributed by atoms with van der Waals surface area (Å²) in [5.74, 6) is -0.469. The van der Waals surface area contributed by atoms with Crippen LogP contribution in [0.1, 0.15) is 10.4 Å². The number of ether oxygens (including phenoxy) is 2. The van der Waals surface area contributed by atoms with E-state index in [9.17, 15) is 13.2 Å². The summed E-state index contributed by atoms with van der Waals surface area (Å²) in [6.07, 6.45) is 0. The quantitative estimate of drug-likeness (QED) is 0.729. The van der Waals surface area contributed by atoms with E-state index in [0.29, 0.717) is 32.1 Å². The molecule has 0 aliphatic carbocycles. The maximum Gasteiger partial charge on any atom is 0.257 e. The van der Waals surface area contributed by atoms with E-state index >= 15 is 0 Å². The molecule has 2 fully saturated rings. The summed E-state index contributed by atoms with van der Waals surface area (Å²) in [5.41, 5.74) is 1.76. The number of amides is 1. The van der Waals surface area contributed by atoms with Crippen molar-refractivity contribution >= 4 is 38.9 Å². The fourth-order valence-electron chi connectivity index (χ4n) is 3.55. The van der Waals surface area contributed by atoms with Crippen molar-refractivity contribution in [2.75, 3.05) is 62.8 Å². The van der Waals surface area contributed by atoms with Gasteiger partial charge in [0.05, 0.1) is 41.9 Å². The van der Waals surface area contributed by atoms with Gasteiger partial charge in [-0.05, 0) is 42.5 Å². The molecule has 0 radical (unpaired) electrons. The lowest BCUT2D eigenvalue weighted by Gasteiger charge is -2.28. The van der Waals surface area contributed by atoms with Gasteiger partial charge in [-0.25, -0.2) is 8.42 Å². The molecular weight excluding hydrogens is 442 g/mol. The van der Waals surface area contributed by atoms with Crippen LogP contribution >= 0.6 is 11.6 Å². The van der Waals surface area contributed by atoms with E-state index in [1.54, 1.807) is 0 Å². The average Bonchev–Trinajstić information content (AvgIpc) is 2.81. The van der Waals surface area contributed by atoms with Gasteiger partial charge in [-0.2, -0.15) is 4.31 Å². The molecule has 0 aromatic heterocycles. The Labute approximate surface area is 186 Å². The molecule has 0 atom stereocenters. The maximum absolute atomic E-state index is 12.9. The fraction of sp³-hybridized carbons (Fsp3) is 0.381. The molecule has 2 aromatic rings. The number of nitrogens with zero attached hydrogens (tertiary/aromatic N) is 2. The van der Waals surface area contributed by atoms with Crippen molar-refractivity contribution < 1.29 is 22.7 Å². The molecule has 0 saturated carbocycles. The number of benzene rings is 2. The van der Waals surface area contributed by atoms with Crippen LogP contribution in [0.25, 0.3) is 0 Å². The number of carbonyl (C=O) groups excluding carboxylic acids is 1. The maximum atomic E-state index is 12.9. The Morgan fingerprint density at radius 1 is 0.903 bits per heavy atom. The van der Waals surface area contributed by atoms with Crippen molar-refractivity contribution in [2.45, 2.75) is 4.90 Å². The summed E-state index contributed by atoms with van der Waals surface area (Å²) >= 11 is 6.21. The lowest BCUT2D eigenvalue weighted by atomic mass is 10.2. The Kier molecular flexibility index (Phi) is 6.78. The van der Waals surface area contributed by atoms with Crippen LogP contribution in [0.15, 0.2) is 47.4 Å². The van der Waals surface area contributed by atoms with Crippen LogP contribution in [0.5, 0.6) is 0 Å². The summed E-state index contributed by atoms with van der Waals surface area (Å²) in [7, 11) is -3.73. The Morgan fingerprint density at radius 2 is 1.52 bits per heavy atom. The standard InChI is InChI=1S/C21H24ClN3O5S/c22-20-6-5-18(31(27,28)25-9-13-30-14-10-25)15-19(20)21(26)23-16-1-3-17(4-2-16)24-7-11-29-12-8-24/h1-6,15H,7-14H2,(H,23,26). The molecule has 2 saturated heterocycles. The summed E-state index contributed by atoms with van der Waals surface area (Å²) in [4.78, 5) is 15.1. The predicted molar refractivity (Wildman–Crippen MR) is 118 cm³/mol. The molecule has 2 aliphatic rings. The van der Waals surface area contributed by atoms with Gasteiger partial charge in [0, 0.05) is 37.6 Å². The van der Waals surface area contributed by atoms with Crippen LogP contribution in [0, 0.1) is 0 Å². The SMILES string of the molecule is O=C(Nc1ccc(N2CCOCC2)cc1)c1cc(S(=O)(=O)N2CCOCC2)ccc1Cl. The highest BCUT2D eigenvalue weighted by Gasteiger charge is 2.27. The summed E-state index contributed by atoms with van der Waals surface area (Å²) in [6.45, 7) is 4.30. The molecule has 2 aromatic carbocycles. The largest absolute Gasteiger partial charge is 0.379 e. The Morgan fingerprint density at radius 3 is 2.16 bits per heavy atom. The molecule has 2 aliphatic heterocycles. The molecule has 0 bridgehead atoms. The first-order chi connectivity index (χ1) is 14.9. The van der Waals surface area contributed by atoms with Crippen molar-refractivity contribution in [3.63, 3.8) is 0 Å². The molecule has 8 nitrogen and oxygen atoms in total. The zero-order chi connectivity index (χ0) is 21.8. The number of hydrogen-bond acceptors (Lipinski definition) is 6. The highest BCUT2D eigenvalue weighted by molar-refractivity contribution is 7.89. The first kappa shape index (κ1) is 22.0. The van der Waals surface area contributed by atoms with E-state index in [1.165, 1.54) is 22.5 Å². The number of morpholine rings is 2. The van der Waals surface area contributed by atoms with E-state index in [0.717, 1.165) is 18.8 Å². The van der Waals surface area contributed by atoms with Crippen molar-refractivity contribution in [3.8, 4) is 0 Å². The summed E-state index contributed by atoms with van der Waals surface area (Å²) < 4.78 is 37.7. The molecule has 0 unspecified atom stereocenters. The minimum atomic E-state index is -3.73. The van der Waals surface area contributed by atoms with Crippen LogP contribution in [-0.4, -0.2) is 71.2 Å². The zero-order valence-corrected chi connectivity index (χ0v) is 18.5. The zero-order valence-electron chi connectivity index (χ0n) is 16.9. The van der Waals surface area contributed by atoms with Gasteiger partial charge in [0.1, 0.15) is 0 Å². The van der Waals surface area contributed by atoms with Crippen LogP contribution in [0.3, 0.4) is 0 Å². The number of anilines is 2. The third kappa shape index (κ3) is 5.02. The van der Waals surface area contributed by atoms with Gasteiger partial charge in [-0.15, -0.1) is 0 Å². The van der Waals surface area contributed by atoms with Crippen LogP contribution in [0.4, 0.5) is 11.4 Å². The molecule has 1 N–H and O–H groups in total. The third-order valence-electron chi connectivity index (χ3n) is 5.29. The first-order valence-electron chi connectivity index (χ1n) is 10.1. The van der Waals surface area contributed by atoms with Gasteiger partial charge in [-0.3, -0.25) is 4.79 Å². The van der Waals surface area contributed by atoms with Gasteiger partial charge in [0.2, 0.25) is 10.0 Å². The number of carbonyl (C=O) groups is 1. The highest BCUT2D eigenvalue weighted by atomic mass is 35.5. The van der Waals surface area contributed by atoms with E-state index in [4.69, 9.17) is 21.1 Å². The second kappa shape index (κ2) is 9.54. The lowest BCUT2D eigenvalue weighted by molar-refractivity contribution is 0.0730. The highest BCUT2D eigenvalue weighted by Crippen LogP contribution is 2.25. The Bertz CT molecular complexity index is 1030. The second-order valence-electron chi connectivity index (χ2n) is 7.26. The Hall–Kier alpha value is -2.17. The van der Waals surface area contributed by atoms with Crippen LogP contribution in [-0.2, 0) is 19.5 Å². The monoisotopic (exact) mass is 465 g/mol. The van der Waals surface area contributed by atoms with Crippen molar-refractivity contribution in [2.24, 2.45) is 0 Å². The predicted octanol–water partition coefficient (Wildman–Crippen LogP) is 2.45. The molecule has 1 amide bonds. The topological polar surface area (TPSA) is 88.2 Å². The van der Waals surface area contributed by atoms with Gasteiger partial charge >= 0.3 is 0 Å². The Balaban J connectivity index is 1.50. The summed E-state index contributed by atoms with van der Waals surface area (Å²) in [5, 5.41) is 2.98. The molecule has 2 heterocycles. The number of halogens is 1. The van der Waals surface area contributed by atoms with Gasteiger partial charge in [0.15, 0.2) is 0 Å². The van der Waals surface area contributed by atoms with Crippen LogP contribution < -0.4 is 10.2 Å². The van der Waals surface area contributed by atoms with Gasteiger partial charge < -0.3 is 19.7 Å². The molecule has 31 heavy (non-hydrogen) atoms. The molecule has 10 heteroatoms. The van der Waals surface area contributed by atoms with Gasteiger partial charge in [-0.1, -0.05) is 11.6 Å². The number of nitrogens with one attached hydrogen (secondary N) is 1. The van der Waals surface area contributed by atoms with E-state index < -0.39 is 15.9 Å². The summed E-state index contributed by atoms with van der Waals surface area (Å²) in [6, 6.07) is 11.7. The molecule has 0 spiro atoms. The van der Waals surface area contributed by atoms with E-state index in [1.807, 2.05) is 24.3 Å². The smallest absolute Gasteiger partial charge is 0.257 e. The third-order valence-corrected chi connectivity index (χ3v) is 7.52. The lowest BCUT2D eigenvalue weighted by Crippen LogP contribution is -2.40. The molecule has 4 rings (SSSR count). The van der Waals surface area contributed by atoms with E-state index in [2.05, 4.69) is 10.2 Å². The van der Waals surface area contributed by atoms with Crippen molar-refractivity contribution in [1.29, 1.82) is 0 Å². The normalized spacial score (nSPS) is 18.0. The van der Waals surface area contributed by atoms with Crippen molar-refractivity contribution in [1.82, 2.24) is 4.31 Å². The number of sulfonamides is 1. The minimum Gasteiger partial charge on any atom is -0.379 e. The van der Waals surface area contributed by atoms with E-state index in [-0.39, 0.29) is 28.6 Å². The average molecular weight is 466 g/mol. The fourth-order valence-corrected chi connectivity index (χ4v) is 5.19. The number of hydrogen-bond donors (Lipinski definition) is 1.